The Morgan fingerprint density at radius 1 is 1.19 bits per heavy atom. The van der Waals surface area contributed by atoms with Crippen LogP contribution in [0.3, 0.4) is 0 Å². The van der Waals surface area contributed by atoms with Gasteiger partial charge >= 0.3 is 0 Å². The van der Waals surface area contributed by atoms with Crippen molar-refractivity contribution in [2.45, 2.75) is 6.54 Å². The van der Waals surface area contributed by atoms with E-state index in [9.17, 15) is 4.79 Å². The van der Waals surface area contributed by atoms with Crippen LogP contribution in [0.1, 0.15) is 15.9 Å². The molecular formula is C20H14N4O3. The maximum absolute atomic E-state index is 12.8. The molecule has 5 rings (SSSR count). The minimum absolute atomic E-state index is 0.0650. The lowest BCUT2D eigenvalue weighted by Crippen LogP contribution is -2.23. The molecule has 132 valence electrons. The number of nitrogens with zero attached hydrogens (tertiary/aromatic N) is 4. The molecule has 0 unspecified atom stereocenters. The highest BCUT2D eigenvalue weighted by Gasteiger charge is 2.29. The van der Waals surface area contributed by atoms with Gasteiger partial charge in [-0.1, -0.05) is 0 Å². The highest BCUT2D eigenvalue weighted by molar-refractivity contribution is 6.10. The maximum Gasteiger partial charge on any atom is 0.258 e. The number of carbonyl (C=O) groups excluding carboxylic acids is 1. The minimum atomic E-state index is -0.0650. The van der Waals surface area contributed by atoms with Crippen LogP contribution >= 0.6 is 0 Å². The third-order valence-corrected chi connectivity index (χ3v) is 4.57. The molecule has 4 heterocycles. The van der Waals surface area contributed by atoms with E-state index in [0.29, 0.717) is 34.9 Å². The normalized spacial score (nSPS) is 13.2. The molecule has 1 aliphatic heterocycles. The molecule has 7 heteroatoms. The Labute approximate surface area is 154 Å². The second kappa shape index (κ2) is 5.91. The molecule has 1 amide bonds. The number of hydrogen-bond acceptors (Lipinski definition) is 6. The number of ether oxygens (including phenoxy) is 1. The third-order valence-electron chi connectivity index (χ3n) is 4.57. The smallest absolute Gasteiger partial charge is 0.258 e. The molecular weight excluding hydrogens is 344 g/mol. The van der Waals surface area contributed by atoms with Crippen LogP contribution < -0.4 is 9.64 Å². The van der Waals surface area contributed by atoms with Gasteiger partial charge in [0.15, 0.2) is 0 Å². The van der Waals surface area contributed by atoms with E-state index in [1.807, 2.05) is 24.3 Å². The number of hydrogen-bond donors (Lipinski definition) is 0. The Bertz CT molecular complexity index is 1170. The largest absolute Gasteiger partial charge is 0.497 e. The minimum Gasteiger partial charge on any atom is -0.497 e. The Balaban J connectivity index is 1.51. The van der Waals surface area contributed by atoms with Gasteiger partial charge in [-0.25, -0.2) is 9.97 Å². The summed E-state index contributed by atoms with van der Waals surface area (Å²) >= 11 is 0. The van der Waals surface area contributed by atoms with Crippen molar-refractivity contribution >= 4 is 22.8 Å². The zero-order valence-corrected chi connectivity index (χ0v) is 14.4. The number of benzene rings is 1. The first kappa shape index (κ1) is 15.5. The van der Waals surface area contributed by atoms with Gasteiger partial charge < -0.3 is 14.1 Å². The quantitative estimate of drug-likeness (QED) is 0.558. The molecule has 0 atom stereocenters. The molecule has 1 aliphatic rings. The number of methoxy groups -OCH3 is 1. The van der Waals surface area contributed by atoms with E-state index in [4.69, 9.17) is 9.15 Å². The summed E-state index contributed by atoms with van der Waals surface area (Å²) in [7, 11) is 1.61. The monoisotopic (exact) mass is 358 g/mol. The molecule has 1 aromatic carbocycles. The van der Waals surface area contributed by atoms with Crippen molar-refractivity contribution in [1.82, 2.24) is 15.0 Å². The van der Waals surface area contributed by atoms with Gasteiger partial charge in [0.05, 0.1) is 31.1 Å². The fourth-order valence-corrected chi connectivity index (χ4v) is 3.21. The summed E-state index contributed by atoms with van der Waals surface area (Å²) in [5.41, 5.74) is 4.06. The number of anilines is 1. The first-order chi connectivity index (χ1) is 13.2. The van der Waals surface area contributed by atoms with Gasteiger partial charge in [0.1, 0.15) is 11.3 Å². The highest BCUT2D eigenvalue weighted by atomic mass is 16.5. The second-order valence-electron chi connectivity index (χ2n) is 6.19. The van der Waals surface area contributed by atoms with Gasteiger partial charge in [-0.05, 0) is 42.0 Å². The standard InChI is InChI=1S/C20H14N4O3/c1-26-15-4-5-16-13(7-15)11-24(20(16)25)14-8-17-19(22-10-14)27-18(23-17)12-3-2-6-21-9-12/h2-10H,11H2,1H3. The third kappa shape index (κ3) is 2.52. The van der Waals surface area contributed by atoms with Crippen molar-refractivity contribution in [1.29, 1.82) is 0 Å². The molecule has 0 saturated heterocycles. The van der Waals surface area contributed by atoms with Gasteiger partial charge in [-0.2, -0.15) is 0 Å². The Hall–Kier alpha value is -3.74. The zero-order valence-electron chi connectivity index (χ0n) is 14.4. The van der Waals surface area contributed by atoms with Gasteiger partial charge in [-0.15, -0.1) is 0 Å². The van der Waals surface area contributed by atoms with Crippen molar-refractivity contribution < 1.29 is 13.9 Å². The molecule has 0 bridgehead atoms. The van der Waals surface area contributed by atoms with Crippen molar-refractivity contribution in [3.05, 3.63) is 66.1 Å². The summed E-state index contributed by atoms with van der Waals surface area (Å²) < 4.78 is 11.0. The lowest BCUT2D eigenvalue weighted by molar-refractivity contribution is 0.0996. The van der Waals surface area contributed by atoms with E-state index in [2.05, 4.69) is 15.0 Å². The maximum atomic E-state index is 12.8. The van der Waals surface area contributed by atoms with Crippen LogP contribution in [0, 0.1) is 0 Å². The molecule has 27 heavy (non-hydrogen) atoms. The summed E-state index contributed by atoms with van der Waals surface area (Å²) in [5.74, 6) is 1.11. The van der Waals surface area contributed by atoms with Gasteiger partial charge in [0.25, 0.3) is 5.91 Å². The van der Waals surface area contributed by atoms with Crippen LogP contribution in [-0.2, 0) is 6.54 Å². The Kier molecular flexibility index (Phi) is 3.39. The molecule has 7 nitrogen and oxygen atoms in total. The highest BCUT2D eigenvalue weighted by Crippen LogP contribution is 2.32. The number of aromatic nitrogens is 3. The van der Waals surface area contributed by atoms with Crippen LogP contribution in [0.15, 0.2) is 59.4 Å². The van der Waals surface area contributed by atoms with Crippen molar-refractivity contribution in [3.8, 4) is 17.2 Å². The van der Waals surface area contributed by atoms with Crippen LogP contribution in [-0.4, -0.2) is 28.0 Å². The Morgan fingerprint density at radius 2 is 2.11 bits per heavy atom. The van der Waals surface area contributed by atoms with Crippen LogP contribution in [0.4, 0.5) is 5.69 Å². The lowest BCUT2D eigenvalue weighted by Gasteiger charge is -2.14. The van der Waals surface area contributed by atoms with E-state index in [1.54, 1.807) is 42.7 Å². The molecule has 3 aromatic heterocycles. The first-order valence-corrected chi connectivity index (χ1v) is 8.39. The number of amides is 1. The average Bonchev–Trinajstić information content (AvgIpc) is 3.29. The van der Waals surface area contributed by atoms with Crippen molar-refractivity contribution in [3.63, 3.8) is 0 Å². The van der Waals surface area contributed by atoms with Crippen LogP contribution in [0.25, 0.3) is 22.7 Å². The molecule has 4 aromatic rings. The second-order valence-corrected chi connectivity index (χ2v) is 6.19. The van der Waals surface area contributed by atoms with Crippen molar-refractivity contribution in [2.75, 3.05) is 12.0 Å². The average molecular weight is 358 g/mol. The zero-order chi connectivity index (χ0) is 18.4. The van der Waals surface area contributed by atoms with E-state index in [1.165, 1.54) is 0 Å². The van der Waals surface area contributed by atoms with Crippen molar-refractivity contribution in [2.24, 2.45) is 0 Å². The van der Waals surface area contributed by atoms with Crippen LogP contribution in [0.5, 0.6) is 5.75 Å². The molecule has 0 spiro atoms. The summed E-state index contributed by atoms with van der Waals surface area (Å²) in [6.07, 6.45) is 5.00. The fourth-order valence-electron chi connectivity index (χ4n) is 3.21. The van der Waals surface area contributed by atoms with E-state index in [-0.39, 0.29) is 5.91 Å². The topological polar surface area (TPSA) is 81.3 Å². The number of rotatable bonds is 3. The summed E-state index contributed by atoms with van der Waals surface area (Å²) in [5, 5.41) is 0. The lowest BCUT2D eigenvalue weighted by atomic mass is 10.1. The van der Waals surface area contributed by atoms with Gasteiger partial charge in [0.2, 0.25) is 11.6 Å². The van der Waals surface area contributed by atoms with Crippen LogP contribution in [0.2, 0.25) is 0 Å². The molecule has 0 N–H and O–H groups in total. The number of carbonyl (C=O) groups is 1. The number of fused-ring (bicyclic) bond motifs is 2. The predicted octanol–water partition coefficient (Wildman–Crippen LogP) is 3.45. The van der Waals surface area contributed by atoms with E-state index >= 15 is 0 Å². The number of oxazole rings is 1. The van der Waals surface area contributed by atoms with E-state index in [0.717, 1.165) is 16.9 Å². The van der Waals surface area contributed by atoms with Gasteiger partial charge in [-0.3, -0.25) is 9.78 Å². The molecule has 0 radical (unpaired) electrons. The molecule has 0 fully saturated rings. The van der Waals surface area contributed by atoms with Gasteiger partial charge in [0, 0.05) is 18.0 Å². The first-order valence-electron chi connectivity index (χ1n) is 8.39. The molecule has 0 aliphatic carbocycles. The fraction of sp³-hybridized carbons (Fsp3) is 0.100. The summed E-state index contributed by atoms with van der Waals surface area (Å²) in [4.78, 5) is 27.3. The predicted molar refractivity (Wildman–Crippen MR) is 98.5 cm³/mol. The Morgan fingerprint density at radius 3 is 2.93 bits per heavy atom. The van der Waals surface area contributed by atoms with E-state index < -0.39 is 0 Å². The summed E-state index contributed by atoms with van der Waals surface area (Å²) in [6, 6.07) is 11.0. The SMILES string of the molecule is COc1ccc2c(c1)CN(c1cnc3oc(-c4cccnc4)nc3c1)C2=O. The number of pyridine rings is 2. The molecule has 0 saturated carbocycles. The summed E-state index contributed by atoms with van der Waals surface area (Å²) in [6.45, 7) is 0.464.